The minimum absolute atomic E-state index is 0.00768. The Bertz CT molecular complexity index is 625. The molecule has 7 nitrogen and oxygen atoms in total. The Hall–Kier alpha value is -2.28. The van der Waals surface area contributed by atoms with Crippen LogP contribution in [0, 0.1) is 0 Å². The van der Waals surface area contributed by atoms with E-state index >= 15 is 0 Å². The van der Waals surface area contributed by atoms with Crippen molar-refractivity contribution in [2.45, 2.75) is 25.8 Å². The molecule has 26 heavy (non-hydrogen) atoms. The smallest absolute Gasteiger partial charge is 0.260 e. The molecule has 0 bridgehead atoms. The number of piperazine rings is 1. The lowest BCUT2D eigenvalue weighted by atomic mass is 10.3. The molecule has 1 aromatic rings. The van der Waals surface area contributed by atoms with Gasteiger partial charge in [0.05, 0.1) is 13.2 Å². The summed E-state index contributed by atoms with van der Waals surface area (Å²) in [6, 6.07) is 7.75. The predicted octanol–water partition coefficient (Wildman–Crippen LogP) is 0.887. The van der Waals surface area contributed by atoms with Crippen LogP contribution in [0.2, 0.25) is 0 Å². The van der Waals surface area contributed by atoms with Crippen molar-refractivity contribution >= 4 is 11.8 Å². The van der Waals surface area contributed by atoms with Gasteiger partial charge < -0.3 is 19.7 Å². The second-order valence-electron chi connectivity index (χ2n) is 6.67. The summed E-state index contributed by atoms with van der Waals surface area (Å²) in [6.07, 6.45) is 2.20. The number of nitrogens with one attached hydrogen (secondary N) is 1. The molecular formula is C19H27N3O4. The summed E-state index contributed by atoms with van der Waals surface area (Å²) in [5.41, 5.74) is 0. The third-order valence-corrected chi connectivity index (χ3v) is 4.53. The first kappa shape index (κ1) is 18.5. The Balaban J connectivity index is 1.40. The van der Waals surface area contributed by atoms with Crippen molar-refractivity contribution in [3.63, 3.8) is 0 Å². The van der Waals surface area contributed by atoms with E-state index in [0.717, 1.165) is 12.8 Å². The number of rotatable bonds is 8. The number of hydrogen-bond donors (Lipinski definition) is 1. The number of amides is 2. The number of nitrogens with zero attached hydrogens (tertiary/aromatic N) is 2. The summed E-state index contributed by atoms with van der Waals surface area (Å²) < 4.78 is 11.2. The van der Waals surface area contributed by atoms with Gasteiger partial charge in [-0.3, -0.25) is 14.5 Å². The molecule has 1 saturated heterocycles. The molecule has 1 saturated carbocycles. The summed E-state index contributed by atoms with van der Waals surface area (Å²) in [4.78, 5) is 28.1. The molecule has 142 valence electrons. The van der Waals surface area contributed by atoms with Crippen LogP contribution in [0.3, 0.4) is 0 Å². The number of carbonyl (C=O) groups is 2. The van der Waals surface area contributed by atoms with Gasteiger partial charge in [0.2, 0.25) is 5.91 Å². The van der Waals surface area contributed by atoms with E-state index in [1.54, 1.807) is 11.0 Å². The normalized spacial score (nSPS) is 17.7. The van der Waals surface area contributed by atoms with E-state index in [0.29, 0.717) is 56.9 Å². The molecule has 2 amide bonds. The van der Waals surface area contributed by atoms with Gasteiger partial charge >= 0.3 is 0 Å². The second kappa shape index (κ2) is 8.89. The highest BCUT2D eigenvalue weighted by Gasteiger charge is 2.26. The molecule has 0 spiro atoms. The van der Waals surface area contributed by atoms with E-state index in [-0.39, 0.29) is 18.4 Å². The van der Waals surface area contributed by atoms with Gasteiger partial charge in [0.25, 0.3) is 5.91 Å². The molecule has 1 aliphatic carbocycles. The van der Waals surface area contributed by atoms with Crippen LogP contribution in [-0.4, -0.2) is 73.6 Å². The Labute approximate surface area is 154 Å². The first-order valence-corrected chi connectivity index (χ1v) is 9.30. The van der Waals surface area contributed by atoms with Gasteiger partial charge in [-0.2, -0.15) is 0 Å². The maximum atomic E-state index is 12.4. The van der Waals surface area contributed by atoms with Gasteiger partial charge in [-0.15, -0.1) is 0 Å². The predicted molar refractivity (Wildman–Crippen MR) is 97.3 cm³/mol. The molecule has 0 radical (unpaired) electrons. The van der Waals surface area contributed by atoms with Gasteiger partial charge in [0, 0.05) is 32.2 Å². The number of hydrogen-bond acceptors (Lipinski definition) is 5. The molecule has 0 aromatic heterocycles. The van der Waals surface area contributed by atoms with Crippen molar-refractivity contribution < 1.29 is 19.1 Å². The fourth-order valence-corrected chi connectivity index (χ4v) is 2.93. The van der Waals surface area contributed by atoms with E-state index in [2.05, 4.69) is 10.2 Å². The molecule has 3 rings (SSSR count). The molecule has 7 heteroatoms. The summed E-state index contributed by atoms with van der Waals surface area (Å²) in [5.74, 6) is 1.27. The highest BCUT2D eigenvalue weighted by atomic mass is 16.5. The molecule has 0 atom stereocenters. The van der Waals surface area contributed by atoms with Crippen LogP contribution < -0.4 is 14.8 Å². The lowest BCUT2D eigenvalue weighted by Crippen LogP contribution is -2.52. The van der Waals surface area contributed by atoms with Crippen LogP contribution in [0.1, 0.15) is 19.8 Å². The van der Waals surface area contributed by atoms with Gasteiger partial charge in [-0.25, -0.2) is 0 Å². The largest absolute Gasteiger partial charge is 0.490 e. The van der Waals surface area contributed by atoms with Crippen molar-refractivity contribution in [1.82, 2.24) is 15.1 Å². The molecule has 2 aliphatic rings. The van der Waals surface area contributed by atoms with Crippen LogP contribution in [0.4, 0.5) is 0 Å². The van der Waals surface area contributed by atoms with Crippen LogP contribution >= 0.6 is 0 Å². The van der Waals surface area contributed by atoms with Crippen molar-refractivity contribution in [3.8, 4) is 11.5 Å². The Morgan fingerprint density at radius 3 is 2.35 bits per heavy atom. The lowest BCUT2D eigenvalue weighted by molar-refractivity contribution is -0.135. The third kappa shape index (κ3) is 5.36. The lowest BCUT2D eigenvalue weighted by Gasteiger charge is -2.34. The summed E-state index contributed by atoms with van der Waals surface area (Å²) in [5, 5.41) is 3.00. The van der Waals surface area contributed by atoms with Gasteiger partial charge in [0.15, 0.2) is 18.1 Å². The first-order chi connectivity index (χ1) is 12.7. The quantitative estimate of drug-likeness (QED) is 0.745. The van der Waals surface area contributed by atoms with Gasteiger partial charge in [0.1, 0.15) is 0 Å². The zero-order valence-corrected chi connectivity index (χ0v) is 15.3. The van der Waals surface area contributed by atoms with Gasteiger partial charge in [-0.1, -0.05) is 12.1 Å². The summed E-state index contributed by atoms with van der Waals surface area (Å²) >= 11 is 0. The SMILES string of the molecule is CCOc1ccccc1OCC(=O)N1CCN(CC(=O)NC2CC2)CC1. The van der Waals surface area contributed by atoms with Crippen LogP contribution in [-0.2, 0) is 9.59 Å². The number of para-hydroxylation sites is 2. The standard InChI is InChI=1S/C19H27N3O4/c1-2-25-16-5-3-4-6-17(16)26-14-19(24)22-11-9-21(10-12-22)13-18(23)20-15-7-8-15/h3-6,15H,2,7-14H2,1H3,(H,20,23). The second-order valence-corrected chi connectivity index (χ2v) is 6.67. The van der Waals surface area contributed by atoms with E-state index in [1.807, 2.05) is 25.1 Å². The van der Waals surface area contributed by atoms with Crippen molar-refractivity contribution in [1.29, 1.82) is 0 Å². The molecule has 2 fully saturated rings. The Kier molecular flexibility index (Phi) is 6.33. The highest BCUT2D eigenvalue weighted by molar-refractivity contribution is 5.79. The van der Waals surface area contributed by atoms with Crippen LogP contribution in [0.5, 0.6) is 11.5 Å². The number of benzene rings is 1. The molecule has 1 N–H and O–H groups in total. The van der Waals surface area contributed by atoms with Crippen molar-refractivity contribution in [2.24, 2.45) is 0 Å². The first-order valence-electron chi connectivity index (χ1n) is 9.30. The fourth-order valence-electron chi connectivity index (χ4n) is 2.93. The van der Waals surface area contributed by atoms with E-state index in [1.165, 1.54) is 0 Å². The highest BCUT2D eigenvalue weighted by Crippen LogP contribution is 2.26. The summed E-state index contributed by atoms with van der Waals surface area (Å²) in [6.45, 7) is 5.51. The zero-order valence-electron chi connectivity index (χ0n) is 15.3. The molecule has 1 aliphatic heterocycles. The third-order valence-electron chi connectivity index (χ3n) is 4.53. The molecule has 0 unspecified atom stereocenters. The zero-order chi connectivity index (χ0) is 18.4. The molecule has 1 aromatic carbocycles. The van der Waals surface area contributed by atoms with Crippen LogP contribution in [0.25, 0.3) is 0 Å². The van der Waals surface area contributed by atoms with E-state index < -0.39 is 0 Å². The minimum Gasteiger partial charge on any atom is -0.490 e. The van der Waals surface area contributed by atoms with Gasteiger partial charge in [-0.05, 0) is 31.9 Å². The molecular weight excluding hydrogens is 334 g/mol. The maximum absolute atomic E-state index is 12.4. The monoisotopic (exact) mass is 361 g/mol. The van der Waals surface area contributed by atoms with Crippen molar-refractivity contribution in [3.05, 3.63) is 24.3 Å². The minimum atomic E-state index is -0.0432. The topological polar surface area (TPSA) is 71.1 Å². The number of ether oxygens (including phenoxy) is 2. The summed E-state index contributed by atoms with van der Waals surface area (Å²) in [7, 11) is 0. The Morgan fingerprint density at radius 2 is 1.73 bits per heavy atom. The average molecular weight is 361 g/mol. The Morgan fingerprint density at radius 1 is 1.08 bits per heavy atom. The van der Waals surface area contributed by atoms with Crippen molar-refractivity contribution in [2.75, 3.05) is 45.9 Å². The molecule has 1 heterocycles. The number of carbonyl (C=O) groups excluding carboxylic acids is 2. The van der Waals surface area contributed by atoms with Crippen LogP contribution in [0.15, 0.2) is 24.3 Å². The van der Waals surface area contributed by atoms with E-state index in [4.69, 9.17) is 9.47 Å². The fraction of sp³-hybridized carbons (Fsp3) is 0.579. The average Bonchev–Trinajstić information content (AvgIpc) is 3.45. The van der Waals surface area contributed by atoms with E-state index in [9.17, 15) is 9.59 Å². The maximum Gasteiger partial charge on any atom is 0.260 e.